The first kappa shape index (κ1) is 23.9. The Labute approximate surface area is 211 Å². The van der Waals surface area contributed by atoms with Crippen molar-refractivity contribution in [2.45, 2.75) is 44.9 Å². The van der Waals surface area contributed by atoms with Gasteiger partial charge in [-0.1, -0.05) is 61.5 Å². The van der Waals surface area contributed by atoms with Crippen molar-refractivity contribution < 1.29 is 19.1 Å². The minimum atomic E-state index is -0.753. The molecule has 0 saturated heterocycles. The fourth-order valence-electron chi connectivity index (χ4n) is 5.73. The molecule has 3 aromatic carbocycles. The van der Waals surface area contributed by atoms with E-state index >= 15 is 0 Å². The first-order chi connectivity index (χ1) is 17.5. The summed E-state index contributed by atoms with van der Waals surface area (Å²) in [6, 6.07) is 26.1. The van der Waals surface area contributed by atoms with Crippen LogP contribution in [-0.4, -0.2) is 22.7 Å². The third-order valence-corrected chi connectivity index (χ3v) is 7.46. The minimum absolute atomic E-state index is 0.449. The average molecular weight is 482 g/mol. The molecule has 2 atom stereocenters. The number of aliphatic carboxylic acids is 1. The molecule has 0 spiro atoms. The van der Waals surface area contributed by atoms with E-state index in [1.54, 1.807) is 0 Å². The van der Waals surface area contributed by atoms with E-state index in [2.05, 4.69) is 23.2 Å². The summed E-state index contributed by atoms with van der Waals surface area (Å²) in [5.74, 6) is 0.883. The monoisotopic (exact) mass is 481 g/mol. The fourth-order valence-corrected chi connectivity index (χ4v) is 5.73. The molecule has 5 heteroatoms. The second kappa shape index (κ2) is 10.0. The highest BCUT2D eigenvalue weighted by Crippen LogP contribution is 2.51. The summed E-state index contributed by atoms with van der Waals surface area (Å²) in [6.07, 6.45) is 2.83. The summed E-state index contributed by atoms with van der Waals surface area (Å²) in [5.41, 5.74) is 4.63. The number of rotatable bonds is 9. The van der Waals surface area contributed by atoms with Gasteiger partial charge in [0.05, 0.1) is 18.2 Å². The number of fused-ring (bicyclic) bond motifs is 1. The predicted molar refractivity (Wildman–Crippen MR) is 139 cm³/mol. The van der Waals surface area contributed by atoms with Gasteiger partial charge in [-0.25, -0.2) is 4.98 Å². The Morgan fingerprint density at radius 1 is 1.08 bits per heavy atom. The van der Waals surface area contributed by atoms with E-state index in [0.29, 0.717) is 25.3 Å². The van der Waals surface area contributed by atoms with Gasteiger partial charge in [0, 0.05) is 17.4 Å². The van der Waals surface area contributed by atoms with Crippen LogP contribution in [0.3, 0.4) is 0 Å². The zero-order valence-corrected chi connectivity index (χ0v) is 20.7. The number of nitrogens with zero attached hydrogens (tertiary/aromatic N) is 1. The van der Waals surface area contributed by atoms with Crippen molar-refractivity contribution in [1.82, 2.24) is 4.98 Å². The van der Waals surface area contributed by atoms with Gasteiger partial charge >= 0.3 is 5.97 Å². The Bertz CT molecular complexity index is 1360. The van der Waals surface area contributed by atoms with Gasteiger partial charge in [-0.2, -0.15) is 0 Å². The molecule has 1 heterocycles. The number of aromatic nitrogens is 1. The standard InChI is InChI=1S/C31H31NO4/c1-3-26(30(33)34)31(18-16-22-10-7-8-15-27(22)31)24-13-9-14-25(20-24)35-19-17-28-21(2)36-29(32-28)23-11-5-4-6-12-23/h4-15,20,26H,3,16-19H2,1-2H3,(H,33,34). The summed E-state index contributed by atoms with van der Waals surface area (Å²) in [4.78, 5) is 17.1. The molecule has 1 aliphatic rings. The van der Waals surface area contributed by atoms with E-state index in [4.69, 9.17) is 9.15 Å². The lowest BCUT2D eigenvalue weighted by Crippen LogP contribution is -2.39. The van der Waals surface area contributed by atoms with Crippen LogP contribution in [0, 0.1) is 12.8 Å². The van der Waals surface area contributed by atoms with Crippen molar-refractivity contribution in [3.63, 3.8) is 0 Å². The van der Waals surface area contributed by atoms with Crippen molar-refractivity contribution in [2.24, 2.45) is 5.92 Å². The molecule has 1 N–H and O–H groups in total. The topological polar surface area (TPSA) is 72.6 Å². The zero-order valence-electron chi connectivity index (χ0n) is 20.7. The van der Waals surface area contributed by atoms with Crippen LogP contribution in [-0.2, 0) is 23.1 Å². The molecule has 0 saturated carbocycles. The lowest BCUT2D eigenvalue weighted by Gasteiger charge is -2.37. The number of oxazole rings is 1. The highest BCUT2D eigenvalue weighted by atomic mass is 16.5. The number of carbonyl (C=O) groups is 1. The summed E-state index contributed by atoms with van der Waals surface area (Å²) >= 11 is 0. The molecule has 2 unspecified atom stereocenters. The second-order valence-corrected chi connectivity index (χ2v) is 9.44. The van der Waals surface area contributed by atoms with E-state index in [9.17, 15) is 9.90 Å². The van der Waals surface area contributed by atoms with E-state index in [1.807, 2.05) is 74.5 Å². The van der Waals surface area contributed by atoms with Crippen molar-refractivity contribution in [2.75, 3.05) is 6.61 Å². The Balaban J connectivity index is 1.38. The van der Waals surface area contributed by atoms with Crippen molar-refractivity contribution in [3.8, 4) is 17.2 Å². The number of aryl methyl sites for hydroxylation is 2. The highest BCUT2D eigenvalue weighted by molar-refractivity contribution is 5.75. The molecule has 1 aliphatic carbocycles. The van der Waals surface area contributed by atoms with Gasteiger partial charge in [0.1, 0.15) is 11.5 Å². The van der Waals surface area contributed by atoms with Gasteiger partial charge in [0.2, 0.25) is 5.89 Å². The minimum Gasteiger partial charge on any atom is -0.493 e. The molecule has 5 rings (SSSR count). The van der Waals surface area contributed by atoms with Crippen molar-refractivity contribution >= 4 is 5.97 Å². The number of ether oxygens (including phenoxy) is 1. The predicted octanol–water partition coefficient (Wildman–Crippen LogP) is 6.61. The van der Waals surface area contributed by atoms with Crippen LogP contribution in [0.15, 0.2) is 83.3 Å². The first-order valence-electron chi connectivity index (χ1n) is 12.6. The van der Waals surface area contributed by atoms with Crippen LogP contribution in [0.4, 0.5) is 0 Å². The quantitative estimate of drug-likeness (QED) is 0.291. The van der Waals surface area contributed by atoms with Crippen LogP contribution >= 0.6 is 0 Å². The SMILES string of the molecule is CCC(C(=O)O)C1(c2cccc(OCCc3nc(-c4ccccc4)oc3C)c2)CCc2ccccc21. The average Bonchev–Trinajstić information content (AvgIpc) is 3.47. The molecule has 0 aliphatic heterocycles. The smallest absolute Gasteiger partial charge is 0.307 e. The third-order valence-electron chi connectivity index (χ3n) is 7.46. The van der Waals surface area contributed by atoms with Gasteiger partial charge in [-0.3, -0.25) is 4.79 Å². The van der Waals surface area contributed by atoms with Crippen LogP contribution in [0.25, 0.3) is 11.5 Å². The van der Waals surface area contributed by atoms with Gasteiger partial charge in [-0.15, -0.1) is 0 Å². The highest BCUT2D eigenvalue weighted by Gasteiger charge is 2.48. The zero-order chi connectivity index (χ0) is 25.1. The number of hydrogen-bond acceptors (Lipinski definition) is 4. The molecule has 0 radical (unpaired) electrons. The Hall–Kier alpha value is -3.86. The molecule has 0 amide bonds. The summed E-state index contributed by atoms with van der Waals surface area (Å²) in [6.45, 7) is 4.34. The molecular weight excluding hydrogens is 450 g/mol. The Kier molecular flexibility index (Phi) is 6.64. The molecule has 36 heavy (non-hydrogen) atoms. The molecule has 0 bridgehead atoms. The largest absolute Gasteiger partial charge is 0.493 e. The van der Waals surface area contributed by atoms with Crippen LogP contribution < -0.4 is 4.74 Å². The third kappa shape index (κ3) is 4.30. The number of hydrogen-bond donors (Lipinski definition) is 1. The summed E-state index contributed by atoms with van der Waals surface area (Å²) in [5, 5.41) is 10.2. The molecule has 4 aromatic rings. The first-order valence-corrected chi connectivity index (χ1v) is 12.6. The fraction of sp³-hybridized carbons (Fsp3) is 0.290. The lowest BCUT2D eigenvalue weighted by atomic mass is 9.65. The molecule has 1 aromatic heterocycles. The van der Waals surface area contributed by atoms with Gasteiger partial charge in [-0.05, 0) is 67.1 Å². The van der Waals surface area contributed by atoms with Crippen LogP contribution in [0.2, 0.25) is 0 Å². The van der Waals surface area contributed by atoms with E-state index in [-0.39, 0.29) is 0 Å². The number of benzene rings is 3. The van der Waals surface area contributed by atoms with E-state index in [0.717, 1.165) is 46.7 Å². The Morgan fingerprint density at radius 2 is 1.86 bits per heavy atom. The normalized spacial score (nSPS) is 17.5. The lowest BCUT2D eigenvalue weighted by molar-refractivity contribution is -0.144. The molecular formula is C31H31NO4. The molecule has 184 valence electrons. The number of carboxylic acid groups (broad SMARTS) is 1. The van der Waals surface area contributed by atoms with Crippen molar-refractivity contribution in [3.05, 3.63) is 107 Å². The van der Waals surface area contributed by atoms with E-state index < -0.39 is 17.3 Å². The van der Waals surface area contributed by atoms with Crippen LogP contribution in [0.1, 0.15) is 47.9 Å². The Morgan fingerprint density at radius 3 is 2.64 bits per heavy atom. The summed E-state index contributed by atoms with van der Waals surface area (Å²) in [7, 11) is 0. The van der Waals surface area contributed by atoms with Gasteiger partial charge in [0.25, 0.3) is 0 Å². The maximum absolute atomic E-state index is 12.4. The van der Waals surface area contributed by atoms with Crippen LogP contribution in [0.5, 0.6) is 5.75 Å². The van der Waals surface area contributed by atoms with Gasteiger partial charge < -0.3 is 14.3 Å². The summed E-state index contributed by atoms with van der Waals surface area (Å²) < 4.78 is 12.0. The maximum Gasteiger partial charge on any atom is 0.307 e. The molecule has 0 fully saturated rings. The molecule has 5 nitrogen and oxygen atoms in total. The second-order valence-electron chi connectivity index (χ2n) is 9.44. The van der Waals surface area contributed by atoms with Crippen molar-refractivity contribution in [1.29, 1.82) is 0 Å². The van der Waals surface area contributed by atoms with Gasteiger partial charge in [0.15, 0.2) is 0 Å². The van der Waals surface area contributed by atoms with E-state index in [1.165, 1.54) is 5.56 Å². The maximum atomic E-state index is 12.4. The number of carboxylic acids is 1.